The summed E-state index contributed by atoms with van der Waals surface area (Å²) in [5, 5.41) is 2.83. The second kappa shape index (κ2) is 8.20. The van der Waals surface area contributed by atoms with Crippen molar-refractivity contribution in [2.45, 2.75) is 33.2 Å². The molecule has 7 heteroatoms. The van der Waals surface area contributed by atoms with Gasteiger partial charge in [-0.2, -0.15) is 4.37 Å². The highest BCUT2D eigenvalue weighted by Gasteiger charge is 2.15. The molecular formula is C23H22N4O2S. The molecule has 0 fully saturated rings. The zero-order valence-electron chi connectivity index (χ0n) is 17.0. The fourth-order valence-corrected chi connectivity index (χ4v) is 4.06. The van der Waals surface area contributed by atoms with Crippen LogP contribution in [0.15, 0.2) is 59.7 Å². The Bertz CT molecular complexity index is 1270. The van der Waals surface area contributed by atoms with Crippen LogP contribution >= 0.6 is 11.5 Å². The van der Waals surface area contributed by atoms with Crippen molar-refractivity contribution in [3.8, 4) is 11.3 Å². The van der Waals surface area contributed by atoms with Gasteiger partial charge in [0, 0.05) is 11.3 Å². The molecule has 2 aromatic carbocycles. The van der Waals surface area contributed by atoms with Crippen LogP contribution in [0.5, 0.6) is 0 Å². The molecule has 0 aliphatic rings. The minimum Gasteiger partial charge on any atom is -0.325 e. The largest absolute Gasteiger partial charge is 0.325 e. The molecule has 0 aliphatic heterocycles. The van der Waals surface area contributed by atoms with Gasteiger partial charge in [-0.05, 0) is 48.1 Å². The molecular weight excluding hydrogens is 396 g/mol. The molecule has 152 valence electrons. The molecule has 0 bridgehead atoms. The van der Waals surface area contributed by atoms with Crippen molar-refractivity contribution in [3.63, 3.8) is 0 Å². The third kappa shape index (κ3) is 4.02. The maximum Gasteiger partial charge on any atom is 0.273 e. The number of hydrogen-bond acceptors (Lipinski definition) is 5. The second-order valence-corrected chi connectivity index (χ2v) is 8.35. The molecule has 0 spiro atoms. The summed E-state index contributed by atoms with van der Waals surface area (Å²) in [5.41, 5.74) is 4.93. The van der Waals surface area contributed by atoms with E-state index in [1.165, 1.54) is 16.5 Å². The lowest BCUT2D eigenvalue weighted by Crippen LogP contribution is -2.27. The van der Waals surface area contributed by atoms with Gasteiger partial charge in [-0.3, -0.25) is 14.2 Å². The number of fused-ring (bicyclic) bond motifs is 1. The van der Waals surface area contributed by atoms with Gasteiger partial charge >= 0.3 is 0 Å². The van der Waals surface area contributed by atoms with E-state index in [1.807, 2.05) is 55.5 Å². The smallest absolute Gasteiger partial charge is 0.273 e. The zero-order chi connectivity index (χ0) is 21.3. The Hall–Kier alpha value is -3.32. The maximum atomic E-state index is 12.9. The molecule has 30 heavy (non-hydrogen) atoms. The van der Waals surface area contributed by atoms with Gasteiger partial charge in [-0.1, -0.05) is 49.7 Å². The molecule has 1 N–H and O–H groups in total. The number of nitrogens with zero attached hydrogens (tertiary/aromatic N) is 3. The monoisotopic (exact) mass is 418 g/mol. The van der Waals surface area contributed by atoms with E-state index in [0.29, 0.717) is 27.5 Å². The zero-order valence-corrected chi connectivity index (χ0v) is 17.9. The van der Waals surface area contributed by atoms with Crippen molar-refractivity contribution in [2.24, 2.45) is 0 Å². The first-order chi connectivity index (χ1) is 14.4. The van der Waals surface area contributed by atoms with Gasteiger partial charge < -0.3 is 5.32 Å². The molecule has 0 atom stereocenters. The third-order valence-electron chi connectivity index (χ3n) is 4.92. The summed E-state index contributed by atoms with van der Waals surface area (Å²) in [5.74, 6) is 0.147. The van der Waals surface area contributed by atoms with E-state index in [-0.39, 0.29) is 18.0 Å². The normalized spacial score (nSPS) is 11.2. The van der Waals surface area contributed by atoms with E-state index in [2.05, 4.69) is 28.5 Å². The Morgan fingerprint density at radius 1 is 1.17 bits per heavy atom. The summed E-state index contributed by atoms with van der Waals surface area (Å²) in [7, 11) is 0. The Balaban J connectivity index is 1.55. The van der Waals surface area contributed by atoms with E-state index < -0.39 is 0 Å². The molecule has 6 nitrogen and oxygen atoms in total. The first-order valence-electron chi connectivity index (χ1n) is 9.74. The fraction of sp³-hybridized carbons (Fsp3) is 0.217. The van der Waals surface area contributed by atoms with Crippen molar-refractivity contribution in [1.82, 2.24) is 13.9 Å². The van der Waals surface area contributed by atoms with E-state index in [1.54, 1.807) is 0 Å². The molecule has 0 unspecified atom stereocenters. The second-order valence-electron chi connectivity index (χ2n) is 7.58. The third-order valence-corrected chi connectivity index (χ3v) is 5.74. The highest BCUT2D eigenvalue weighted by molar-refractivity contribution is 7.13. The first kappa shape index (κ1) is 20.0. The number of carbonyl (C=O) groups is 1. The average molecular weight is 419 g/mol. The summed E-state index contributed by atoms with van der Waals surface area (Å²) < 4.78 is 6.21. The predicted molar refractivity (Wildman–Crippen MR) is 121 cm³/mol. The first-order valence-corrected chi connectivity index (χ1v) is 10.5. The van der Waals surface area contributed by atoms with Crippen molar-refractivity contribution in [1.29, 1.82) is 0 Å². The number of amides is 1. The minimum absolute atomic E-state index is 0.106. The summed E-state index contributed by atoms with van der Waals surface area (Å²) in [6, 6.07) is 15.6. The van der Waals surface area contributed by atoms with Crippen LogP contribution in [-0.2, 0) is 11.3 Å². The lowest BCUT2D eigenvalue weighted by atomic mass is 10.0. The summed E-state index contributed by atoms with van der Waals surface area (Å²) in [6.07, 6.45) is 1.42. The van der Waals surface area contributed by atoms with Crippen LogP contribution in [0.4, 0.5) is 5.69 Å². The van der Waals surface area contributed by atoms with Gasteiger partial charge in [0.15, 0.2) is 0 Å². The molecule has 0 aliphatic carbocycles. The van der Waals surface area contributed by atoms with Crippen molar-refractivity contribution < 1.29 is 4.79 Å². The highest BCUT2D eigenvalue weighted by Crippen LogP contribution is 2.27. The lowest BCUT2D eigenvalue weighted by Gasteiger charge is -2.09. The standard InChI is InChI=1S/C23H22N4O2S/c1-14(2)16-7-9-18(10-8-16)25-19(28)12-27-13-24-21-20(26-30-22(21)23(27)29)17-6-4-5-15(3)11-17/h4-11,13-14H,12H2,1-3H3,(H,25,28). The number of hydrogen-bond donors (Lipinski definition) is 1. The molecule has 0 saturated heterocycles. The van der Waals surface area contributed by atoms with Gasteiger partial charge in [-0.25, -0.2) is 4.98 Å². The number of rotatable bonds is 5. The quantitative estimate of drug-likeness (QED) is 0.514. The Morgan fingerprint density at radius 3 is 2.63 bits per heavy atom. The van der Waals surface area contributed by atoms with Crippen LogP contribution in [0.2, 0.25) is 0 Å². The fourth-order valence-electron chi connectivity index (χ4n) is 3.26. The minimum atomic E-state index is -0.279. The molecule has 4 rings (SSSR count). The van der Waals surface area contributed by atoms with Crippen molar-refractivity contribution >= 4 is 33.3 Å². The van der Waals surface area contributed by atoms with Crippen molar-refractivity contribution in [3.05, 3.63) is 76.3 Å². The lowest BCUT2D eigenvalue weighted by molar-refractivity contribution is -0.116. The van der Waals surface area contributed by atoms with Crippen LogP contribution in [0.25, 0.3) is 21.5 Å². The summed E-state index contributed by atoms with van der Waals surface area (Å²) in [4.78, 5) is 29.7. The van der Waals surface area contributed by atoms with E-state index in [4.69, 9.17) is 0 Å². The number of carbonyl (C=O) groups excluding carboxylic acids is 1. The van der Waals surface area contributed by atoms with Gasteiger partial charge in [0.2, 0.25) is 5.91 Å². The Labute approximate surface area is 178 Å². The topological polar surface area (TPSA) is 76.9 Å². The SMILES string of the molecule is Cc1cccc(-c2nsc3c(=O)n(CC(=O)Nc4ccc(C(C)C)cc4)cnc23)c1. The van der Waals surface area contributed by atoms with Crippen LogP contribution in [0.1, 0.15) is 30.9 Å². The summed E-state index contributed by atoms with van der Waals surface area (Å²) in [6.45, 7) is 6.14. The number of benzene rings is 2. The summed E-state index contributed by atoms with van der Waals surface area (Å²) >= 11 is 1.11. The van der Waals surface area contributed by atoms with E-state index in [9.17, 15) is 9.59 Å². The van der Waals surface area contributed by atoms with Crippen LogP contribution in [0, 0.1) is 6.92 Å². The Kier molecular flexibility index (Phi) is 5.46. The molecule has 4 aromatic rings. The molecule has 2 aromatic heterocycles. The van der Waals surface area contributed by atoms with Crippen LogP contribution in [-0.4, -0.2) is 19.8 Å². The average Bonchev–Trinajstić information content (AvgIpc) is 3.15. The molecule has 0 saturated carbocycles. The molecule has 0 radical (unpaired) electrons. The number of aryl methyl sites for hydroxylation is 1. The maximum absolute atomic E-state index is 12.9. The van der Waals surface area contributed by atoms with Gasteiger partial charge in [0.1, 0.15) is 22.5 Å². The van der Waals surface area contributed by atoms with Gasteiger partial charge in [0.25, 0.3) is 5.56 Å². The molecule has 2 heterocycles. The van der Waals surface area contributed by atoms with Gasteiger partial charge in [-0.15, -0.1) is 0 Å². The molecule has 1 amide bonds. The van der Waals surface area contributed by atoms with Crippen LogP contribution < -0.4 is 10.9 Å². The van der Waals surface area contributed by atoms with Crippen molar-refractivity contribution in [2.75, 3.05) is 5.32 Å². The van der Waals surface area contributed by atoms with E-state index in [0.717, 1.165) is 22.7 Å². The number of nitrogens with one attached hydrogen (secondary N) is 1. The van der Waals surface area contributed by atoms with Gasteiger partial charge in [0.05, 0.1) is 6.33 Å². The number of aromatic nitrogens is 3. The number of anilines is 1. The van der Waals surface area contributed by atoms with E-state index >= 15 is 0 Å². The predicted octanol–water partition coefficient (Wildman–Crippen LogP) is 4.59. The van der Waals surface area contributed by atoms with Crippen LogP contribution in [0.3, 0.4) is 0 Å². The highest BCUT2D eigenvalue weighted by atomic mass is 32.1. The Morgan fingerprint density at radius 2 is 1.93 bits per heavy atom.